The summed E-state index contributed by atoms with van der Waals surface area (Å²) >= 11 is 1.65. The van der Waals surface area contributed by atoms with Crippen molar-refractivity contribution in [1.82, 2.24) is 5.32 Å². The van der Waals surface area contributed by atoms with Crippen LogP contribution in [-0.4, -0.2) is 30.4 Å². The van der Waals surface area contributed by atoms with Gasteiger partial charge in [0.25, 0.3) is 5.91 Å². The number of thioether (sulfide) groups is 1. The Balaban J connectivity index is 1.75. The zero-order valence-electron chi connectivity index (χ0n) is 14.9. The Morgan fingerprint density at radius 3 is 2.24 bits per heavy atom. The zero-order valence-corrected chi connectivity index (χ0v) is 15.7. The minimum Gasteiger partial charge on any atom is -0.484 e. The van der Waals surface area contributed by atoms with Gasteiger partial charge in [-0.2, -0.15) is 0 Å². The highest BCUT2D eigenvalue weighted by Crippen LogP contribution is 2.19. The molecule has 2 N–H and O–H groups in total. The molecule has 1 amide bonds. The van der Waals surface area contributed by atoms with E-state index in [2.05, 4.69) is 19.2 Å². The highest BCUT2D eigenvalue weighted by molar-refractivity contribution is 7.98. The van der Waals surface area contributed by atoms with Crippen LogP contribution in [0.3, 0.4) is 0 Å². The van der Waals surface area contributed by atoms with Gasteiger partial charge in [0, 0.05) is 11.4 Å². The van der Waals surface area contributed by atoms with E-state index in [1.807, 2.05) is 54.8 Å². The number of rotatable bonds is 8. The van der Waals surface area contributed by atoms with Gasteiger partial charge in [-0.15, -0.1) is 11.8 Å². The highest BCUT2D eigenvalue weighted by Gasteiger charge is 2.10. The Kier molecular flexibility index (Phi) is 7.34. The predicted octanol–water partition coefficient (Wildman–Crippen LogP) is 3.76. The molecule has 25 heavy (non-hydrogen) atoms. The van der Waals surface area contributed by atoms with Crippen LogP contribution in [0.4, 0.5) is 0 Å². The van der Waals surface area contributed by atoms with Crippen LogP contribution in [0, 0.1) is 0 Å². The number of nitrogens with one attached hydrogen (secondary N) is 1. The van der Waals surface area contributed by atoms with E-state index in [4.69, 9.17) is 4.74 Å². The Hall–Kier alpha value is -1.98. The number of hydrogen-bond acceptors (Lipinski definition) is 4. The van der Waals surface area contributed by atoms with E-state index in [9.17, 15) is 9.90 Å². The standard InChI is InChI=1S/C20H25NO3S/c1-14(2)15-4-8-17(9-5-15)24-13-20(23)21-12-19(22)16-6-10-18(25-3)11-7-16/h4-11,14,19,22H,12-13H2,1-3H3,(H,21,23). The van der Waals surface area contributed by atoms with E-state index in [1.54, 1.807) is 11.8 Å². The fraction of sp³-hybridized carbons (Fsp3) is 0.350. The molecular formula is C20H25NO3S. The molecule has 2 aromatic carbocycles. The first-order valence-corrected chi connectivity index (χ1v) is 9.53. The van der Waals surface area contributed by atoms with Crippen molar-refractivity contribution in [2.24, 2.45) is 0 Å². The monoisotopic (exact) mass is 359 g/mol. The number of carbonyl (C=O) groups excluding carboxylic acids is 1. The van der Waals surface area contributed by atoms with E-state index < -0.39 is 6.10 Å². The van der Waals surface area contributed by atoms with Gasteiger partial charge in [0.1, 0.15) is 5.75 Å². The average molecular weight is 359 g/mol. The molecule has 0 aliphatic heterocycles. The molecule has 0 radical (unpaired) electrons. The Morgan fingerprint density at radius 1 is 1.08 bits per heavy atom. The molecule has 4 nitrogen and oxygen atoms in total. The fourth-order valence-corrected chi connectivity index (χ4v) is 2.71. The third-order valence-corrected chi connectivity index (χ3v) is 4.65. The third kappa shape index (κ3) is 6.11. The SMILES string of the molecule is CSc1ccc(C(O)CNC(=O)COc2ccc(C(C)C)cc2)cc1. The summed E-state index contributed by atoms with van der Waals surface area (Å²) in [5.41, 5.74) is 2.01. The summed E-state index contributed by atoms with van der Waals surface area (Å²) in [6.07, 6.45) is 1.27. The zero-order chi connectivity index (χ0) is 18.2. The van der Waals surface area contributed by atoms with E-state index in [1.165, 1.54) is 5.56 Å². The lowest BCUT2D eigenvalue weighted by atomic mass is 10.0. The maximum absolute atomic E-state index is 11.9. The molecule has 0 aromatic heterocycles. The van der Waals surface area contributed by atoms with Crippen LogP contribution in [0.5, 0.6) is 5.75 Å². The minimum atomic E-state index is -0.731. The number of amides is 1. The van der Waals surface area contributed by atoms with Gasteiger partial charge < -0.3 is 15.2 Å². The lowest BCUT2D eigenvalue weighted by Gasteiger charge is -2.13. The van der Waals surface area contributed by atoms with E-state index in [-0.39, 0.29) is 19.1 Å². The lowest BCUT2D eigenvalue weighted by Crippen LogP contribution is -2.32. The van der Waals surface area contributed by atoms with Crippen LogP contribution < -0.4 is 10.1 Å². The van der Waals surface area contributed by atoms with E-state index in [0.29, 0.717) is 11.7 Å². The summed E-state index contributed by atoms with van der Waals surface area (Å²) in [6.45, 7) is 4.35. The molecule has 0 saturated carbocycles. The first-order chi connectivity index (χ1) is 12.0. The molecule has 0 aliphatic rings. The van der Waals surface area contributed by atoms with Gasteiger partial charge in [-0.1, -0.05) is 38.1 Å². The molecule has 5 heteroatoms. The van der Waals surface area contributed by atoms with Gasteiger partial charge in [-0.25, -0.2) is 0 Å². The Labute approximate surface area is 153 Å². The predicted molar refractivity (Wildman–Crippen MR) is 102 cm³/mol. The maximum atomic E-state index is 11.9. The number of aliphatic hydroxyl groups excluding tert-OH is 1. The van der Waals surface area contributed by atoms with Crippen molar-refractivity contribution in [2.75, 3.05) is 19.4 Å². The van der Waals surface area contributed by atoms with Crippen LogP contribution >= 0.6 is 11.8 Å². The second-order valence-corrected chi connectivity index (χ2v) is 6.99. The molecule has 2 rings (SSSR count). The van der Waals surface area contributed by atoms with Crippen molar-refractivity contribution in [3.8, 4) is 5.75 Å². The molecule has 1 unspecified atom stereocenters. The molecule has 0 saturated heterocycles. The fourth-order valence-electron chi connectivity index (χ4n) is 2.30. The summed E-state index contributed by atoms with van der Waals surface area (Å²) < 4.78 is 5.47. The maximum Gasteiger partial charge on any atom is 0.258 e. The molecule has 0 bridgehead atoms. The molecule has 0 heterocycles. The quantitative estimate of drug-likeness (QED) is 0.705. The van der Waals surface area contributed by atoms with Crippen molar-refractivity contribution in [3.05, 3.63) is 59.7 Å². The number of carbonyl (C=O) groups is 1. The number of aliphatic hydroxyl groups is 1. The summed E-state index contributed by atoms with van der Waals surface area (Å²) in [6, 6.07) is 15.4. The third-order valence-electron chi connectivity index (χ3n) is 3.91. The average Bonchev–Trinajstić information content (AvgIpc) is 2.64. The van der Waals surface area contributed by atoms with Gasteiger partial charge in [-0.3, -0.25) is 4.79 Å². The van der Waals surface area contributed by atoms with Crippen LogP contribution in [-0.2, 0) is 4.79 Å². The molecular weight excluding hydrogens is 334 g/mol. The first kappa shape index (κ1) is 19.3. The van der Waals surface area contributed by atoms with Crippen molar-refractivity contribution in [2.45, 2.75) is 30.8 Å². The molecule has 2 aromatic rings. The number of ether oxygens (including phenoxy) is 1. The Bertz CT molecular complexity index is 668. The van der Waals surface area contributed by atoms with E-state index in [0.717, 1.165) is 10.5 Å². The number of hydrogen-bond donors (Lipinski definition) is 2. The summed E-state index contributed by atoms with van der Waals surface area (Å²) in [5.74, 6) is 0.865. The van der Waals surface area contributed by atoms with Crippen molar-refractivity contribution in [1.29, 1.82) is 0 Å². The van der Waals surface area contributed by atoms with Gasteiger partial charge in [0.05, 0.1) is 6.10 Å². The van der Waals surface area contributed by atoms with Crippen LogP contribution in [0.2, 0.25) is 0 Å². The van der Waals surface area contributed by atoms with Crippen molar-refractivity contribution >= 4 is 17.7 Å². The van der Waals surface area contributed by atoms with Gasteiger partial charge >= 0.3 is 0 Å². The largest absolute Gasteiger partial charge is 0.484 e. The van der Waals surface area contributed by atoms with Gasteiger partial charge in [0.15, 0.2) is 6.61 Å². The van der Waals surface area contributed by atoms with Gasteiger partial charge in [-0.05, 0) is 47.6 Å². The van der Waals surface area contributed by atoms with Crippen molar-refractivity contribution < 1.29 is 14.6 Å². The van der Waals surface area contributed by atoms with Crippen LogP contribution in [0.25, 0.3) is 0 Å². The van der Waals surface area contributed by atoms with Crippen LogP contribution in [0.1, 0.15) is 37.0 Å². The molecule has 0 fully saturated rings. The summed E-state index contributed by atoms with van der Waals surface area (Å²) in [4.78, 5) is 13.0. The summed E-state index contributed by atoms with van der Waals surface area (Å²) in [5, 5.41) is 12.8. The van der Waals surface area contributed by atoms with Crippen molar-refractivity contribution in [3.63, 3.8) is 0 Å². The second kappa shape index (κ2) is 9.49. The smallest absolute Gasteiger partial charge is 0.258 e. The lowest BCUT2D eigenvalue weighted by molar-refractivity contribution is -0.123. The van der Waals surface area contributed by atoms with Gasteiger partial charge in [0.2, 0.25) is 0 Å². The molecule has 134 valence electrons. The highest BCUT2D eigenvalue weighted by atomic mass is 32.2. The summed E-state index contributed by atoms with van der Waals surface area (Å²) in [7, 11) is 0. The first-order valence-electron chi connectivity index (χ1n) is 8.31. The van der Waals surface area contributed by atoms with Crippen LogP contribution in [0.15, 0.2) is 53.4 Å². The second-order valence-electron chi connectivity index (χ2n) is 6.11. The molecule has 1 atom stereocenters. The molecule has 0 spiro atoms. The van der Waals surface area contributed by atoms with E-state index >= 15 is 0 Å². The topological polar surface area (TPSA) is 58.6 Å². The Morgan fingerprint density at radius 2 is 1.68 bits per heavy atom. The number of benzene rings is 2. The molecule has 0 aliphatic carbocycles. The normalized spacial score (nSPS) is 12.0. The minimum absolute atomic E-state index is 0.0703.